The molecule has 21 heavy (non-hydrogen) atoms. The summed E-state index contributed by atoms with van der Waals surface area (Å²) in [4.78, 5) is 2.51. The van der Waals surface area contributed by atoms with E-state index in [4.69, 9.17) is 4.74 Å². The molecule has 1 heterocycles. The van der Waals surface area contributed by atoms with Crippen molar-refractivity contribution in [3.05, 3.63) is 0 Å². The Bertz CT molecular complexity index is 369. The smallest absolute Gasteiger partial charge is 0.109 e. The number of ether oxygens (including phenoxy) is 1. The first-order valence-electron chi connectivity index (χ1n) is 8.52. The lowest BCUT2D eigenvalue weighted by Gasteiger charge is -2.37. The highest BCUT2D eigenvalue weighted by molar-refractivity contribution is 5.14. The summed E-state index contributed by atoms with van der Waals surface area (Å²) in [5.74, 6) is 0.485. The van der Waals surface area contributed by atoms with Gasteiger partial charge in [-0.25, -0.2) is 0 Å². The highest BCUT2D eigenvalue weighted by Crippen LogP contribution is 2.38. The van der Waals surface area contributed by atoms with Gasteiger partial charge in [0.25, 0.3) is 0 Å². The molecule has 2 aliphatic rings. The van der Waals surface area contributed by atoms with Crippen LogP contribution in [0.3, 0.4) is 0 Å². The third-order valence-electron chi connectivity index (χ3n) is 4.86. The Morgan fingerprint density at radius 1 is 1.33 bits per heavy atom. The second kappa shape index (κ2) is 7.09. The Kier molecular flexibility index (Phi) is 5.65. The van der Waals surface area contributed by atoms with Crippen LogP contribution in [0.15, 0.2) is 0 Å². The first-order chi connectivity index (χ1) is 9.95. The number of nitrogens with one attached hydrogen (secondary N) is 1. The lowest BCUT2D eigenvalue weighted by molar-refractivity contribution is -0.0692. The molecule has 4 nitrogen and oxygen atoms in total. The largest absolute Gasteiger partial charge is 0.373 e. The fourth-order valence-corrected chi connectivity index (χ4v) is 4.16. The van der Waals surface area contributed by atoms with Gasteiger partial charge in [-0.1, -0.05) is 6.42 Å². The first kappa shape index (κ1) is 16.7. The van der Waals surface area contributed by atoms with Crippen molar-refractivity contribution in [3.63, 3.8) is 0 Å². The molecule has 0 bridgehead atoms. The fraction of sp³-hybridized carbons (Fsp3) is 0.941. The highest BCUT2D eigenvalue weighted by Gasteiger charge is 2.43. The van der Waals surface area contributed by atoms with Crippen molar-refractivity contribution in [1.29, 1.82) is 5.26 Å². The topological polar surface area (TPSA) is 48.3 Å². The molecule has 120 valence electrons. The van der Waals surface area contributed by atoms with E-state index in [1.54, 1.807) is 0 Å². The van der Waals surface area contributed by atoms with Crippen LogP contribution in [-0.2, 0) is 4.74 Å². The lowest BCUT2D eigenvalue weighted by atomic mass is 9.85. The van der Waals surface area contributed by atoms with Crippen LogP contribution in [0, 0.1) is 17.2 Å². The van der Waals surface area contributed by atoms with Gasteiger partial charge < -0.3 is 4.74 Å². The van der Waals surface area contributed by atoms with Crippen LogP contribution >= 0.6 is 0 Å². The number of morpholine rings is 1. The molecule has 4 heteroatoms. The van der Waals surface area contributed by atoms with E-state index in [-0.39, 0.29) is 5.54 Å². The average Bonchev–Trinajstić information content (AvgIpc) is 2.78. The summed E-state index contributed by atoms with van der Waals surface area (Å²) < 4.78 is 5.80. The first-order valence-corrected chi connectivity index (χ1v) is 8.52. The number of rotatable bonds is 5. The molecule has 0 aromatic rings. The van der Waals surface area contributed by atoms with Gasteiger partial charge in [0, 0.05) is 19.1 Å². The minimum Gasteiger partial charge on any atom is -0.373 e. The van der Waals surface area contributed by atoms with Crippen molar-refractivity contribution in [1.82, 2.24) is 10.2 Å². The molecule has 1 aliphatic heterocycles. The predicted octanol–water partition coefficient (Wildman–Crippen LogP) is 2.55. The van der Waals surface area contributed by atoms with Crippen molar-refractivity contribution in [3.8, 4) is 6.07 Å². The van der Waals surface area contributed by atoms with Crippen LogP contribution in [0.2, 0.25) is 0 Å². The Balaban J connectivity index is 1.91. The summed E-state index contributed by atoms with van der Waals surface area (Å²) in [5.41, 5.74) is -0.294. The van der Waals surface area contributed by atoms with Gasteiger partial charge in [0.2, 0.25) is 0 Å². The zero-order valence-electron chi connectivity index (χ0n) is 14.1. The molecule has 0 spiro atoms. The van der Waals surface area contributed by atoms with Crippen molar-refractivity contribution in [2.45, 2.75) is 77.2 Å². The van der Waals surface area contributed by atoms with Gasteiger partial charge in [-0.3, -0.25) is 10.2 Å². The summed E-state index contributed by atoms with van der Waals surface area (Å²) in [7, 11) is 0. The van der Waals surface area contributed by atoms with Gasteiger partial charge in [-0.15, -0.1) is 0 Å². The fourth-order valence-electron chi connectivity index (χ4n) is 4.16. The second-order valence-corrected chi connectivity index (χ2v) is 7.28. The van der Waals surface area contributed by atoms with Gasteiger partial charge in [-0.05, 0) is 59.4 Å². The maximum atomic E-state index is 9.71. The molecule has 0 aromatic carbocycles. The van der Waals surface area contributed by atoms with E-state index in [0.717, 1.165) is 32.5 Å². The normalized spacial score (nSPS) is 37.8. The molecule has 2 unspecified atom stereocenters. The number of nitriles is 1. The Morgan fingerprint density at radius 2 is 2.00 bits per heavy atom. The highest BCUT2D eigenvalue weighted by atomic mass is 16.5. The van der Waals surface area contributed by atoms with E-state index in [0.29, 0.717) is 24.2 Å². The summed E-state index contributed by atoms with van der Waals surface area (Å²) >= 11 is 0. The van der Waals surface area contributed by atoms with E-state index in [1.807, 2.05) is 0 Å². The van der Waals surface area contributed by atoms with Crippen LogP contribution in [0.4, 0.5) is 0 Å². The number of hydrogen-bond acceptors (Lipinski definition) is 4. The number of nitrogens with zero attached hydrogens (tertiary/aromatic N) is 2. The molecule has 4 atom stereocenters. The van der Waals surface area contributed by atoms with Crippen LogP contribution in [0.1, 0.15) is 53.4 Å². The molecule has 1 N–H and O–H groups in total. The standard InChI is InChI=1S/C17H31N3O/c1-13(2)19-17(12-18)8-5-6-16(17)7-9-20-10-14(3)21-15(4)11-20/h13-16,19H,5-11H2,1-4H3/t14-,15+,16?,17?. The minimum atomic E-state index is -0.294. The third-order valence-corrected chi connectivity index (χ3v) is 4.86. The number of hydrogen-bond donors (Lipinski definition) is 1. The summed E-state index contributed by atoms with van der Waals surface area (Å²) in [5, 5.41) is 13.3. The SMILES string of the molecule is CC(C)NC1(C#N)CCCC1CCN1C[C@@H](C)O[C@@H](C)C1. The lowest BCUT2D eigenvalue weighted by Crippen LogP contribution is -2.51. The van der Waals surface area contributed by atoms with Gasteiger partial charge >= 0.3 is 0 Å². The Hall–Kier alpha value is -0.630. The van der Waals surface area contributed by atoms with Gasteiger partial charge in [0.15, 0.2) is 0 Å². The molecule has 0 radical (unpaired) electrons. The van der Waals surface area contributed by atoms with Crippen LogP contribution in [-0.4, -0.2) is 48.3 Å². The van der Waals surface area contributed by atoms with Gasteiger partial charge in [0.1, 0.15) is 5.54 Å². The van der Waals surface area contributed by atoms with Crippen molar-refractivity contribution >= 4 is 0 Å². The van der Waals surface area contributed by atoms with E-state index in [2.05, 4.69) is 44.0 Å². The molecule has 1 saturated carbocycles. The second-order valence-electron chi connectivity index (χ2n) is 7.28. The van der Waals surface area contributed by atoms with E-state index in [9.17, 15) is 5.26 Å². The zero-order valence-corrected chi connectivity index (χ0v) is 14.1. The van der Waals surface area contributed by atoms with Crippen LogP contribution in [0.25, 0.3) is 0 Å². The maximum Gasteiger partial charge on any atom is 0.109 e. The van der Waals surface area contributed by atoms with Crippen LogP contribution < -0.4 is 5.32 Å². The van der Waals surface area contributed by atoms with Crippen molar-refractivity contribution in [2.24, 2.45) is 5.92 Å². The van der Waals surface area contributed by atoms with Gasteiger partial charge in [-0.2, -0.15) is 5.26 Å². The van der Waals surface area contributed by atoms with E-state index >= 15 is 0 Å². The Morgan fingerprint density at radius 3 is 2.57 bits per heavy atom. The molecular weight excluding hydrogens is 262 g/mol. The minimum absolute atomic E-state index is 0.294. The average molecular weight is 293 g/mol. The van der Waals surface area contributed by atoms with Crippen molar-refractivity contribution < 1.29 is 4.74 Å². The molecule has 2 rings (SSSR count). The van der Waals surface area contributed by atoms with E-state index < -0.39 is 0 Å². The summed E-state index contributed by atoms with van der Waals surface area (Å²) in [6, 6.07) is 2.98. The molecule has 2 fully saturated rings. The quantitative estimate of drug-likeness (QED) is 0.846. The predicted molar refractivity (Wildman–Crippen MR) is 85.0 cm³/mol. The van der Waals surface area contributed by atoms with Crippen molar-refractivity contribution in [2.75, 3.05) is 19.6 Å². The zero-order chi connectivity index (χ0) is 15.5. The maximum absolute atomic E-state index is 9.71. The summed E-state index contributed by atoms with van der Waals surface area (Å²) in [6.45, 7) is 11.7. The molecule has 0 aromatic heterocycles. The van der Waals surface area contributed by atoms with Crippen LogP contribution in [0.5, 0.6) is 0 Å². The Labute approximate surface area is 129 Å². The molecule has 0 amide bonds. The third kappa shape index (κ3) is 4.18. The molecule has 1 saturated heterocycles. The molecule has 1 aliphatic carbocycles. The molecular formula is C17H31N3O. The monoisotopic (exact) mass is 293 g/mol. The van der Waals surface area contributed by atoms with E-state index in [1.165, 1.54) is 12.8 Å². The summed E-state index contributed by atoms with van der Waals surface area (Å²) in [6.07, 6.45) is 5.13. The van der Waals surface area contributed by atoms with Gasteiger partial charge in [0.05, 0.1) is 18.3 Å².